The van der Waals surface area contributed by atoms with Crippen LogP contribution in [0, 0.1) is 6.92 Å². The van der Waals surface area contributed by atoms with Crippen LogP contribution in [0.3, 0.4) is 0 Å². The minimum Gasteiger partial charge on any atom is -0.328 e. The van der Waals surface area contributed by atoms with E-state index in [1.807, 2.05) is 0 Å². The minimum atomic E-state index is 0.446. The van der Waals surface area contributed by atoms with Crippen molar-refractivity contribution in [2.24, 2.45) is 5.73 Å². The normalized spacial score (nSPS) is 32.9. The Kier molecular flexibility index (Phi) is 2.93. The van der Waals surface area contributed by atoms with Crippen molar-refractivity contribution in [3.63, 3.8) is 0 Å². The van der Waals surface area contributed by atoms with Crippen LogP contribution in [0.15, 0.2) is 24.3 Å². The molecule has 2 saturated heterocycles. The molecule has 2 N–H and O–H groups in total. The summed E-state index contributed by atoms with van der Waals surface area (Å²) in [7, 11) is 0. The Labute approximate surface area is 104 Å². The molecule has 0 amide bonds. The Bertz CT molecular complexity index is 388. The molecule has 2 heteroatoms. The van der Waals surface area contributed by atoms with Gasteiger partial charge in [0.05, 0.1) is 0 Å². The predicted molar refractivity (Wildman–Crippen MR) is 70.7 cm³/mol. The quantitative estimate of drug-likeness (QED) is 0.845. The molecule has 0 spiro atoms. The fourth-order valence-corrected chi connectivity index (χ4v) is 3.60. The van der Waals surface area contributed by atoms with E-state index in [2.05, 4.69) is 36.1 Å². The highest BCUT2D eigenvalue weighted by atomic mass is 15.2. The fourth-order valence-electron chi connectivity index (χ4n) is 3.60. The van der Waals surface area contributed by atoms with Gasteiger partial charge in [-0.1, -0.05) is 29.8 Å². The molecule has 0 saturated carbocycles. The maximum absolute atomic E-state index is 6.11. The van der Waals surface area contributed by atoms with Crippen LogP contribution in [0.5, 0.6) is 0 Å². The number of aryl methyl sites for hydroxylation is 1. The molecule has 0 aromatic heterocycles. The molecular weight excluding hydrogens is 208 g/mol. The number of hydrogen-bond acceptors (Lipinski definition) is 2. The first-order valence-electron chi connectivity index (χ1n) is 6.79. The predicted octanol–water partition coefficient (Wildman–Crippen LogP) is 2.45. The standard InChI is InChI=1S/C15H22N2/c1-11-3-2-4-12(7-11)10-17-14-5-6-15(17)9-13(16)8-14/h2-4,7,13-15H,5-6,8-10,16H2,1H3. The fraction of sp³-hybridized carbons (Fsp3) is 0.600. The summed E-state index contributed by atoms with van der Waals surface area (Å²) in [5, 5.41) is 0. The highest BCUT2D eigenvalue weighted by molar-refractivity contribution is 5.22. The van der Waals surface area contributed by atoms with Gasteiger partial charge < -0.3 is 5.73 Å². The van der Waals surface area contributed by atoms with Gasteiger partial charge in [0.2, 0.25) is 0 Å². The lowest BCUT2D eigenvalue weighted by Crippen LogP contribution is -2.46. The Balaban J connectivity index is 1.74. The number of nitrogens with two attached hydrogens (primary N) is 1. The number of fused-ring (bicyclic) bond motifs is 2. The monoisotopic (exact) mass is 230 g/mol. The number of piperidine rings is 1. The van der Waals surface area contributed by atoms with Crippen LogP contribution in [0.25, 0.3) is 0 Å². The van der Waals surface area contributed by atoms with E-state index in [0.717, 1.165) is 18.6 Å². The molecule has 2 fully saturated rings. The molecule has 92 valence electrons. The van der Waals surface area contributed by atoms with Crippen molar-refractivity contribution in [2.75, 3.05) is 0 Å². The summed E-state index contributed by atoms with van der Waals surface area (Å²) in [6, 6.07) is 10.8. The van der Waals surface area contributed by atoms with Crippen LogP contribution >= 0.6 is 0 Å². The maximum atomic E-state index is 6.11. The molecule has 2 heterocycles. The summed E-state index contributed by atoms with van der Waals surface area (Å²) in [5.41, 5.74) is 8.93. The molecule has 2 atom stereocenters. The third kappa shape index (κ3) is 2.24. The van der Waals surface area contributed by atoms with Crippen molar-refractivity contribution in [3.05, 3.63) is 35.4 Å². The van der Waals surface area contributed by atoms with Gasteiger partial charge in [-0.3, -0.25) is 4.90 Å². The van der Waals surface area contributed by atoms with Gasteiger partial charge in [0, 0.05) is 24.7 Å². The third-order valence-corrected chi connectivity index (χ3v) is 4.37. The Morgan fingerprint density at radius 2 is 1.94 bits per heavy atom. The molecule has 1 aromatic rings. The summed E-state index contributed by atoms with van der Waals surface area (Å²) in [6.07, 6.45) is 5.10. The first-order valence-corrected chi connectivity index (χ1v) is 6.79. The maximum Gasteiger partial charge on any atom is 0.0239 e. The van der Waals surface area contributed by atoms with Gasteiger partial charge in [-0.15, -0.1) is 0 Å². The zero-order valence-electron chi connectivity index (χ0n) is 10.6. The van der Waals surface area contributed by atoms with Gasteiger partial charge in [0.1, 0.15) is 0 Å². The molecule has 2 aliphatic rings. The molecular formula is C15H22N2. The molecule has 1 aromatic carbocycles. The van der Waals surface area contributed by atoms with Crippen molar-refractivity contribution >= 4 is 0 Å². The molecule has 2 aliphatic heterocycles. The van der Waals surface area contributed by atoms with E-state index in [-0.39, 0.29) is 0 Å². The summed E-state index contributed by atoms with van der Waals surface area (Å²) >= 11 is 0. The molecule has 17 heavy (non-hydrogen) atoms. The molecule has 2 nitrogen and oxygen atoms in total. The van der Waals surface area contributed by atoms with Crippen molar-refractivity contribution in [1.82, 2.24) is 4.90 Å². The first-order chi connectivity index (χ1) is 8.22. The Morgan fingerprint density at radius 3 is 2.59 bits per heavy atom. The highest BCUT2D eigenvalue weighted by Gasteiger charge is 2.39. The van der Waals surface area contributed by atoms with E-state index < -0.39 is 0 Å². The van der Waals surface area contributed by atoms with Gasteiger partial charge in [-0.2, -0.15) is 0 Å². The SMILES string of the molecule is Cc1cccc(CN2C3CCC2CC(N)C3)c1. The van der Waals surface area contributed by atoms with Crippen LogP contribution in [0.4, 0.5) is 0 Å². The Hall–Kier alpha value is -0.860. The van der Waals surface area contributed by atoms with Gasteiger partial charge in [0.15, 0.2) is 0 Å². The second kappa shape index (κ2) is 4.43. The average molecular weight is 230 g/mol. The van der Waals surface area contributed by atoms with Crippen LogP contribution in [-0.4, -0.2) is 23.0 Å². The van der Waals surface area contributed by atoms with Crippen molar-refractivity contribution < 1.29 is 0 Å². The average Bonchev–Trinajstić information content (AvgIpc) is 2.54. The van der Waals surface area contributed by atoms with E-state index in [4.69, 9.17) is 5.73 Å². The second-order valence-corrected chi connectivity index (χ2v) is 5.78. The number of hydrogen-bond donors (Lipinski definition) is 1. The lowest BCUT2D eigenvalue weighted by molar-refractivity contribution is 0.120. The van der Waals surface area contributed by atoms with Crippen LogP contribution in [0.2, 0.25) is 0 Å². The van der Waals surface area contributed by atoms with Crippen molar-refractivity contribution in [1.29, 1.82) is 0 Å². The van der Waals surface area contributed by atoms with Crippen LogP contribution < -0.4 is 5.73 Å². The molecule has 2 unspecified atom stereocenters. The minimum absolute atomic E-state index is 0.446. The topological polar surface area (TPSA) is 29.3 Å². The van der Waals surface area contributed by atoms with Gasteiger partial charge >= 0.3 is 0 Å². The molecule has 2 bridgehead atoms. The summed E-state index contributed by atoms with van der Waals surface area (Å²) < 4.78 is 0. The lowest BCUT2D eigenvalue weighted by Gasteiger charge is -2.37. The van der Waals surface area contributed by atoms with E-state index >= 15 is 0 Å². The molecule has 3 rings (SSSR count). The van der Waals surface area contributed by atoms with Crippen LogP contribution in [-0.2, 0) is 6.54 Å². The first kappa shape index (κ1) is 11.2. The summed E-state index contributed by atoms with van der Waals surface area (Å²) in [6.45, 7) is 3.29. The van der Waals surface area contributed by atoms with E-state index in [1.54, 1.807) is 0 Å². The zero-order valence-corrected chi connectivity index (χ0v) is 10.6. The van der Waals surface area contributed by atoms with Crippen LogP contribution in [0.1, 0.15) is 36.8 Å². The van der Waals surface area contributed by atoms with Gasteiger partial charge in [0.25, 0.3) is 0 Å². The summed E-state index contributed by atoms with van der Waals surface area (Å²) in [4.78, 5) is 2.69. The van der Waals surface area contributed by atoms with Gasteiger partial charge in [-0.05, 0) is 38.2 Å². The van der Waals surface area contributed by atoms with E-state index in [0.29, 0.717) is 6.04 Å². The smallest absolute Gasteiger partial charge is 0.0239 e. The molecule has 0 radical (unpaired) electrons. The van der Waals surface area contributed by atoms with E-state index in [1.165, 1.54) is 36.8 Å². The highest BCUT2D eigenvalue weighted by Crippen LogP contribution is 2.36. The number of benzene rings is 1. The lowest BCUT2D eigenvalue weighted by atomic mass is 9.97. The second-order valence-electron chi connectivity index (χ2n) is 5.78. The Morgan fingerprint density at radius 1 is 1.24 bits per heavy atom. The largest absolute Gasteiger partial charge is 0.328 e. The number of nitrogens with zero attached hydrogens (tertiary/aromatic N) is 1. The van der Waals surface area contributed by atoms with Gasteiger partial charge in [-0.25, -0.2) is 0 Å². The van der Waals surface area contributed by atoms with E-state index in [9.17, 15) is 0 Å². The summed E-state index contributed by atoms with van der Waals surface area (Å²) in [5.74, 6) is 0. The zero-order chi connectivity index (χ0) is 11.8. The molecule has 0 aliphatic carbocycles. The number of rotatable bonds is 2. The van der Waals surface area contributed by atoms with Crippen molar-refractivity contribution in [2.45, 2.75) is 57.3 Å². The van der Waals surface area contributed by atoms with Crippen molar-refractivity contribution in [3.8, 4) is 0 Å². The third-order valence-electron chi connectivity index (χ3n) is 4.37.